The minimum Gasteiger partial charge on any atom is -0.396 e. The number of aliphatic hydroxyl groups is 1. The molecule has 11 heteroatoms. The number of primary amides is 1. The van der Waals surface area contributed by atoms with Crippen molar-refractivity contribution in [3.63, 3.8) is 0 Å². The van der Waals surface area contributed by atoms with Gasteiger partial charge in [-0.05, 0) is 38.0 Å². The number of anilines is 2. The van der Waals surface area contributed by atoms with Gasteiger partial charge in [0, 0.05) is 50.1 Å². The summed E-state index contributed by atoms with van der Waals surface area (Å²) in [5.41, 5.74) is 8.95. The van der Waals surface area contributed by atoms with Gasteiger partial charge in [0.05, 0.1) is 18.5 Å². The zero-order valence-corrected chi connectivity index (χ0v) is 22.4. The maximum atomic E-state index is 13.9. The fourth-order valence-corrected chi connectivity index (χ4v) is 5.29. The average Bonchev–Trinajstić information content (AvgIpc) is 3.52. The van der Waals surface area contributed by atoms with Gasteiger partial charge in [0.25, 0.3) is 5.91 Å². The van der Waals surface area contributed by atoms with Gasteiger partial charge in [-0.3, -0.25) is 14.3 Å². The van der Waals surface area contributed by atoms with Crippen LogP contribution in [0.15, 0.2) is 55.0 Å². The molecule has 5 rings (SSSR count). The summed E-state index contributed by atoms with van der Waals surface area (Å²) in [4.78, 5) is 37.5. The molecule has 0 saturated heterocycles. The Kier molecular flexibility index (Phi) is 6.69. The number of hydrogen-bond donors (Lipinski definition) is 3. The largest absolute Gasteiger partial charge is 0.396 e. The predicted molar refractivity (Wildman–Crippen MR) is 146 cm³/mol. The molecule has 4 heterocycles. The van der Waals surface area contributed by atoms with Crippen LogP contribution in [-0.2, 0) is 18.4 Å². The van der Waals surface area contributed by atoms with Crippen LogP contribution in [0.3, 0.4) is 0 Å². The number of rotatable bonds is 8. The van der Waals surface area contributed by atoms with Gasteiger partial charge in [0.2, 0.25) is 11.9 Å². The van der Waals surface area contributed by atoms with E-state index in [4.69, 9.17) is 10.7 Å². The van der Waals surface area contributed by atoms with Crippen LogP contribution in [-0.4, -0.2) is 64.8 Å². The average molecular weight is 529 g/mol. The zero-order valence-electron chi connectivity index (χ0n) is 22.4. The maximum Gasteiger partial charge on any atom is 0.271 e. The Morgan fingerprint density at radius 1 is 1.23 bits per heavy atom. The molecule has 2 amide bonds. The summed E-state index contributed by atoms with van der Waals surface area (Å²) >= 11 is 0. The number of benzene rings is 1. The van der Waals surface area contributed by atoms with E-state index in [1.165, 1.54) is 4.90 Å². The Labute approximate surface area is 226 Å². The molecular weight excluding hydrogens is 496 g/mol. The molecule has 1 aliphatic heterocycles. The molecule has 4 aromatic rings. The number of carbonyl (C=O) groups is 2. The van der Waals surface area contributed by atoms with E-state index in [0.717, 1.165) is 28.1 Å². The number of fused-ring (bicyclic) bond motifs is 1. The standard InChI is InChI=1S/C28H32N8O3/c1-17-6-5-7-19(12-17)21(16-37)28(3,26(29)39)36-11-10-35-15-20(13-22(35)25(36)38)24-18(2)14-30-27(33-24)32-23-8-9-31-34(23)4/h5-9,12-15,21,37H,10-11,16H2,1-4H3,(H2,29,39)(H,30,32,33)/t21-,28?/m0/s1. The normalized spacial score (nSPS) is 15.5. The van der Waals surface area contributed by atoms with E-state index in [9.17, 15) is 14.7 Å². The zero-order chi connectivity index (χ0) is 27.9. The molecule has 0 radical (unpaired) electrons. The van der Waals surface area contributed by atoms with E-state index in [2.05, 4.69) is 15.4 Å². The lowest BCUT2D eigenvalue weighted by Crippen LogP contribution is -2.63. The Balaban J connectivity index is 1.49. The number of aryl methyl sites for hydroxylation is 3. The first-order chi connectivity index (χ1) is 18.6. The third-order valence-corrected chi connectivity index (χ3v) is 7.60. The molecule has 0 bridgehead atoms. The number of nitrogens with one attached hydrogen (secondary N) is 1. The van der Waals surface area contributed by atoms with Gasteiger partial charge in [-0.15, -0.1) is 0 Å². The molecule has 0 saturated carbocycles. The molecule has 11 nitrogen and oxygen atoms in total. The summed E-state index contributed by atoms with van der Waals surface area (Å²) < 4.78 is 3.55. The van der Waals surface area contributed by atoms with Crippen molar-refractivity contribution in [1.29, 1.82) is 0 Å². The minimum absolute atomic E-state index is 0.262. The number of nitrogens with zero attached hydrogens (tertiary/aromatic N) is 6. The molecule has 1 aromatic carbocycles. The number of nitrogens with two attached hydrogens (primary N) is 1. The molecule has 0 spiro atoms. The van der Waals surface area contributed by atoms with E-state index < -0.39 is 17.4 Å². The summed E-state index contributed by atoms with van der Waals surface area (Å²) in [6.45, 7) is 5.86. The van der Waals surface area contributed by atoms with Gasteiger partial charge in [-0.2, -0.15) is 5.10 Å². The Hall–Kier alpha value is -4.51. The SMILES string of the molecule is Cc1cccc([C@H](CO)C(C)(C(N)=O)N2CCn3cc(-c4nc(Nc5ccnn5C)ncc4C)cc3C2=O)c1. The molecular formula is C28H32N8O3. The van der Waals surface area contributed by atoms with Crippen molar-refractivity contribution in [3.05, 3.63) is 77.4 Å². The van der Waals surface area contributed by atoms with Crippen LogP contribution in [0.1, 0.15) is 40.0 Å². The summed E-state index contributed by atoms with van der Waals surface area (Å²) in [6.07, 6.45) is 5.29. The van der Waals surface area contributed by atoms with E-state index in [1.54, 1.807) is 30.1 Å². The number of carbonyl (C=O) groups excluding carboxylic acids is 2. The molecule has 39 heavy (non-hydrogen) atoms. The van der Waals surface area contributed by atoms with Crippen LogP contribution in [0.4, 0.5) is 11.8 Å². The van der Waals surface area contributed by atoms with Gasteiger partial charge in [0.1, 0.15) is 17.1 Å². The van der Waals surface area contributed by atoms with Crippen molar-refractivity contribution >= 4 is 23.6 Å². The molecule has 1 unspecified atom stereocenters. The Bertz CT molecular complexity index is 1560. The predicted octanol–water partition coefficient (Wildman–Crippen LogP) is 2.51. The highest BCUT2D eigenvalue weighted by molar-refractivity contribution is 6.00. The van der Waals surface area contributed by atoms with E-state index >= 15 is 0 Å². The summed E-state index contributed by atoms with van der Waals surface area (Å²) in [5, 5.41) is 17.7. The highest BCUT2D eigenvalue weighted by atomic mass is 16.3. The number of aliphatic hydroxyl groups excluding tert-OH is 1. The lowest BCUT2D eigenvalue weighted by molar-refractivity contribution is -0.130. The van der Waals surface area contributed by atoms with Gasteiger partial charge >= 0.3 is 0 Å². The quantitative estimate of drug-likeness (QED) is 0.319. The van der Waals surface area contributed by atoms with Gasteiger partial charge in [0.15, 0.2) is 0 Å². The Morgan fingerprint density at radius 2 is 2.03 bits per heavy atom. The molecule has 1 aliphatic rings. The highest BCUT2D eigenvalue weighted by Crippen LogP contribution is 2.37. The third-order valence-electron chi connectivity index (χ3n) is 7.60. The van der Waals surface area contributed by atoms with Gasteiger partial charge in [-0.25, -0.2) is 9.97 Å². The highest BCUT2D eigenvalue weighted by Gasteiger charge is 2.49. The fraction of sp³-hybridized carbons (Fsp3) is 0.321. The molecule has 4 N–H and O–H groups in total. The Morgan fingerprint density at radius 3 is 2.69 bits per heavy atom. The van der Waals surface area contributed by atoms with Crippen LogP contribution in [0.25, 0.3) is 11.3 Å². The summed E-state index contributed by atoms with van der Waals surface area (Å²) in [7, 11) is 1.82. The topological polar surface area (TPSA) is 144 Å². The van der Waals surface area contributed by atoms with Crippen molar-refractivity contribution in [1.82, 2.24) is 29.2 Å². The second kappa shape index (κ2) is 9.99. The van der Waals surface area contributed by atoms with Crippen LogP contribution in [0.5, 0.6) is 0 Å². The molecule has 0 fully saturated rings. The van der Waals surface area contributed by atoms with Gasteiger partial charge < -0.3 is 25.6 Å². The molecule has 2 atom stereocenters. The number of amides is 2. The van der Waals surface area contributed by atoms with Crippen LogP contribution < -0.4 is 11.1 Å². The second-order valence-corrected chi connectivity index (χ2v) is 10.1. The smallest absolute Gasteiger partial charge is 0.271 e. The lowest BCUT2D eigenvalue weighted by Gasteiger charge is -2.45. The fourth-order valence-electron chi connectivity index (χ4n) is 5.29. The van der Waals surface area contributed by atoms with E-state index in [1.807, 2.05) is 62.0 Å². The molecule has 3 aromatic heterocycles. The van der Waals surface area contributed by atoms with Crippen molar-refractivity contribution in [2.45, 2.75) is 38.8 Å². The second-order valence-electron chi connectivity index (χ2n) is 10.1. The third kappa shape index (κ3) is 4.54. The number of aromatic nitrogens is 5. The first-order valence-electron chi connectivity index (χ1n) is 12.7. The summed E-state index contributed by atoms with van der Waals surface area (Å²) in [6, 6.07) is 11.2. The van der Waals surface area contributed by atoms with Crippen LogP contribution in [0.2, 0.25) is 0 Å². The monoisotopic (exact) mass is 528 g/mol. The first kappa shape index (κ1) is 26.1. The van der Waals surface area contributed by atoms with Crippen LogP contribution >= 0.6 is 0 Å². The van der Waals surface area contributed by atoms with Crippen molar-refractivity contribution in [2.75, 3.05) is 18.5 Å². The van der Waals surface area contributed by atoms with E-state index in [0.29, 0.717) is 23.9 Å². The van der Waals surface area contributed by atoms with Crippen LogP contribution in [0, 0.1) is 13.8 Å². The van der Waals surface area contributed by atoms with Gasteiger partial charge in [-0.1, -0.05) is 29.8 Å². The summed E-state index contributed by atoms with van der Waals surface area (Å²) in [5.74, 6) is -0.551. The van der Waals surface area contributed by atoms with Crippen molar-refractivity contribution in [2.24, 2.45) is 12.8 Å². The minimum atomic E-state index is -1.44. The molecule has 202 valence electrons. The maximum absolute atomic E-state index is 13.9. The molecule has 0 aliphatic carbocycles. The van der Waals surface area contributed by atoms with E-state index in [-0.39, 0.29) is 19.1 Å². The lowest BCUT2D eigenvalue weighted by atomic mass is 9.78. The number of hydrogen-bond acceptors (Lipinski definition) is 7. The van der Waals surface area contributed by atoms with Crippen molar-refractivity contribution < 1.29 is 14.7 Å². The first-order valence-corrected chi connectivity index (χ1v) is 12.7. The van der Waals surface area contributed by atoms with Crippen molar-refractivity contribution in [3.8, 4) is 11.3 Å².